The Morgan fingerprint density at radius 3 is 2.30 bits per heavy atom. The molecule has 1 saturated carbocycles. The number of carboxylic acids is 1. The number of amides is 1. The quantitative estimate of drug-likeness (QED) is 0.771. The maximum atomic E-state index is 12.5. The van der Waals surface area contributed by atoms with Crippen molar-refractivity contribution < 1.29 is 19.4 Å². The van der Waals surface area contributed by atoms with Crippen molar-refractivity contribution in [3.63, 3.8) is 0 Å². The van der Waals surface area contributed by atoms with Crippen LogP contribution in [0.3, 0.4) is 0 Å². The van der Waals surface area contributed by atoms with Gasteiger partial charge in [-0.2, -0.15) is 0 Å². The van der Waals surface area contributed by atoms with Crippen molar-refractivity contribution in [1.82, 2.24) is 0 Å². The third-order valence-corrected chi connectivity index (χ3v) is 5.04. The Hall–Kier alpha value is -2.82. The molecule has 0 saturated heterocycles. The second-order valence-electron chi connectivity index (χ2n) is 6.93. The third-order valence-electron chi connectivity index (χ3n) is 5.04. The number of ether oxygens (including phenoxy) is 1. The topological polar surface area (TPSA) is 75.6 Å². The van der Waals surface area contributed by atoms with Crippen LogP contribution in [0.5, 0.6) is 5.75 Å². The van der Waals surface area contributed by atoms with E-state index >= 15 is 0 Å². The lowest BCUT2D eigenvalue weighted by molar-refractivity contribution is -0.147. The maximum absolute atomic E-state index is 12.5. The van der Waals surface area contributed by atoms with Crippen LogP contribution >= 0.6 is 0 Å². The third kappa shape index (κ3) is 5.33. The van der Waals surface area contributed by atoms with Crippen LogP contribution in [0.4, 0.5) is 5.69 Å². The van der Waals surface area contributed by atoms with Crippen LogP contribution in [0, 0.1) is 11.8 Å². The Morgan fingerprint density at radius 2 is 1.63 bits per heavy atom. The first-order valence-corrected chi connectivity index (χ1v) is 9.44. The molecule has 0 radical (unpaired) electrons. The monoisotopic (exact) mass is 367 g/mol. The Labute approximate surface area is 159 Å². The van der Waals surface area contributed by atoms with Gasteiger partial charge < -0.3 is 15.2 Å². The largest absolute Gasteiger partial charge is 0.493 e. The molecule has 3 rings (SSSR count). The van der Waals surface area contributed by atoms with Gasteiger partial charge in [-0.25, -0.2) is 0 Å². The molecule has 1 amide bonds. The summed E-state index contributed by atoms with van der Waals surface area (Å²) in [7, 11) is 0. The molecule has 0 aromatic heterocycles. The van der Waals surface area contributed by atoms with Crippen LogP contribution in [0.1, 0.15) is 31.2 Å². The summed E-state index contributed by atoms with van der Waals surface area (Å²) in [5.41, 5.74) is 1.88. The summed E-state index contributed by atoms with van der Waals surface area (Å²) in [6, 6.07) is 17.3. The van der Waals surface area contributed by atoms with Gasteiger partial charge in [0.25, 0.3) is 0 Å². The highest BCUT2D eigenvalue weighted by Crippen LogP contribution is 2.31. The maximum Gasteiger partial charge on any atom is 0.307 e. The van der Waals surface area contributed by atoms with Gasteiger partial charge in [0, 0.05) is 12.1 Å². The molecule has 2 aromatic carbocycles. The van der Waals surface area contributed by atoms with Gasteiger partial charge in [-0.1, -0.05) is 43.2 Å². The standard InChI is InChI=1S/C22H25NO4/c24-21(19-8-4-5-9-20(19)22(25)26)23-17-10-12-18(13-11-17)27-15-14-16-6-2-1-3-7-16/h1-3,6-7,10-13,19-20H,4-5,8-9,14-15H2,(H,23,24)(H,25,26)/t19-,20-/m0/s1. The summed E-state index contributed by atoms with van der Waals surface area (Å²) >= 11 is 0. The molecule has 5 heteroatoms. The van der Waals surface area contributed by atoms with Crippen LogP contribution in [0.25, 0.3) is 0 Å². The minimum absolute atomic E-state index is 0.208. The van der Waals surface area contributed by atoms with E-state index in [1.807, 2.05) is 30.3 Å². The van der Waals surface area contributed by atoms with E-state index in [0.29, 0.717) is 25.1 Å². The van der Waals surface area contributed by atoms with Gasteiger partial charge in [-0.3, -0.25) is 9.59 Å². The molecule has 0 unspecified atom stereocenters. The second kappa shape index (κ2) is 9.21. The number of carbonyl (C=O) groups excluding carboxylic acids is 1. The van der Waals surface area contributed by atoms with Crippen molar-refractivity contribution in [3.05, 3.63) is 60.2 Å². The molecule has 5 nitrogen and oxygen atoms in total. The number of rotatable bonds is 7. The summed E-state index contributed by atoms with van der Waals surface area (Å²) in [4.78, 5) is 23.9. The van der Waals surface area contributed by atoms with Crippen LogP contribution in [0.15, 0.2) is 54.6 Å². The minimum atomic E-state index is -0.878. The van der Waals surface area contributed by atoms with Crippen molar-refractivity contribution in [2.24, 2.45) is 11.8 Å². The fraction of sp³-hybridized carbons (Fsp3) is 0.364. The molecule has 2 N–H and O–H groups in total. The molecule has 2 atom stereocenters. The van der Waals surface area contributed by atoms with E-state index in [2.05, 4.69) is 17.4 Å². The van der Waals surface area contributed by atoms with E-state index in [9.17, 15) is 14.7 Å². The van der Waals surface area contributed by atoms with Crippen LogP contribution in [0.2, 0.25) is 0 Å². The minimum Gasteiger partial charge on any atom is -0.493 e. The lowest BCUT2D eigenvalue weighted by Crippen LogP contribution is -2.36. The second-order valence-corrected chi connectivity index (χ2v) is 6.93. The van der Waals surface area contributed by atoms with E-state index in [4.69, 9.17) is 4.74 Å². The number of benzene rings is 2. The Bertz CT molecular complexity index is 758. The summed E-state index contributed by atoms with van der Waals surface area (Å²) in [5, 5.41) is 12.2. The van der Waals surface area contributed by atoms with Gasteiger partial charge >= 0.3 is 5.97 Å². The van der Waals surface area contributed by atoms with Gasteiger partial charge in [0.1, 0.15) is 5.75 Å². The van der Waals surface area contributed by atoms with Crippen molar-refractivity contribution >= 4 is 17.6 Å². The van der Waals surface area contributed by atoms with Crippen LogP contribution in [-0.4, -0.2) is 23.6 Å². The molecule has 27 heavy (non-hydrogen) atoms. The highest BCUT2D eigenvalue weighted by molar-refractivity contribution is 5.95. The zero-order valence-corrected chi connectivity index (χ0v) is 15.3. The van der Waals surface area contributed by atoms with E-state index in [1.54, 1.807) is 12.1 Å². The Morgan fingerprint density at radius 1 is 0.963 bits per heavy atom. The average molecular weight is 367 g/mol. The number of anilines is 1. The Balaban J connectivity index is 1.51. The van der Waals surface area contributed by atoms with Crippen molar-refractivity contribution in [2.45, 2.75) is 32.1 Å². The number of hydrogen-bond acceptors (Lipinski definition) is 3. The molecule has 0 heterocycles. The molecule has 0 spiro atoms. The van der Waals surface area contributed by atoms with E-state index in [0.717, 1.165) is 25.0 Å². The lowest BCUT2D eigenvalue weighted by Gasteiger charge is -2.27. The van der Waals surface area contributed by atoms with Gasteiger partial charge in [-0.05, 0) is 42.7 Å². The number of carbonyl (C=O) groups is 2. The summed E-state index contributed by atoms with van der Waals surface area (Å²) in [6.45, 7) is 0.581. The average Bonchev–Trinajstić information content (AvgIpc) is 2.70. The molecule has 0 aliphatic heterocycles. The number of carboxylic acid groups (broad SMARTS) is 1. The predicted octanol–water partition coefficient (Wildman–Crippen LogP) is 4.14. The van der Waals surface area contributed by atoms with Crippen molar-refractivity contribution in [3.8, 4) is 5.75 Å². The molecule has 1 aliphatic carbocycles. The smallest absolute Gasteiger partial charge is 0.307 e. The first-order chi connectivity index (χ1) is 13.1. The van der Waals surface area contributed by atoms with E-state index < -0.39 is 17.8 Å². The fourth-order valence-corrected chi connectivity index (χ4v) is 3.54. The van der Waals surface area contributed by atoms with Crippen LogP contribution in [-0.2, 0) is 16.0 Å². The predicted molar refractivity (Wildman–Crippen MR) is 104 cm³/mol. The highest BCUT2D eigenvalue weighted by Gasteiger charge is 2.35. The first-order valence-electron chi connectivity index (χ1n) is 9.44. The van der Waals surface area contributed by atoms with Gasteiger partial charge in [-0.15, -0.1) is 0 Å². The van der Waals surface area contributed by atoms with Crippen molar-refractivity contribution in [1.29, 1.82) is 0 Å². The first kappa shape index (κ1) is 19.0. The van der Waals surface area contributed by atoms with E-state index in [-0.39, 0.29) is 5.91 Å². The van der Waals surface area contributed by atoms with Gasteiger partial charge in [0.2, 0.25) is 5.91 Å². The molecule has 142 valence electrons. The van der Waals surface area contributed by atoms with Gasteiger partial charge in [0.05, 0.1) is 18.4 Å². The SMILES string of the molecule is O=C(O)[C@H]1CCCC[C@@H]1C(=O)Nc1ccc(OCCc2ccccc2)cc1. The van der Waals surface area contributed by atoms with Crippen LogP contribution < -0.4 is 10.1 Å². The molecule has 1 aliphatic rings. The number of aliphatic carboxylic acids is 1. The van der Waals surface area contributed by atoms with Crippen molar-refractivity contribution in [2.75, 3.05) is 11.9 Å². The van der Waals surface area contributed by atoms with E-state index in [1.165, 1.54) is 5.56 Å². The lowest BCUT2D eigenvalue weighted by atomic mass is 9.78. The zero-order chi connectivity index (χ0) is 19.1. The molecular formula is C22H25NO4. The molecule has 0 bridgehead atoms. The summed E-state index contributed by atoms with van der Waals surface area (Å²) in [5.74, 6) is -1.39. The summed E-state index contributed by atoms with van der Waals surface area (Å²) < 4.78 is 5.74. The number of hydrogen-bond donors (Lipinski definition) is 2. The fourth-order valence-electron chi connectivity index (χ4n) is 3.54. The molecule has 2 aromatic rings. The van der Waals surface area contributed by atoms with Gasteiger partial charge in [0.15, 0.2) is 0 Å². The normalized spacial score (nSPS) is 19.3. The Kier molecular flexibility index (Phi) is 6.47. The summed E-state index contributed by atoms with van der Waals surface area (Å²) in [6.07, 6.45) is 3.80. The highest BCUT2D eigenvalue weighted by atomic mass is 16.5. The number of nitrogens with one attached hydrogen (secondary N) is 1. The molecule has 1 fully saturated rings. The molecular weight excluding hydrogens is 342 g/mol. The zero-order valence-electron chi connectivity index (χ0n) is 15.3.